The van der Waals surface area contributed by atoms with Crippen LogP contribution in [0.2, 0.25) is 0 Å². The first kappa shape index (κ1) is 16.7. The van der Waals surface area contributed by atoms with Crippen molar-refractivity contribution in [1.82, 2.24) is 4.90 Å². The van der Waals surface area contributed by atoms with E-state index in [1.165, 1.54) is 11.1 Å². The molecule has 0 heterocycles. The second-order valence-electron chi connectivity index (χ2n) is 6.11. The van der Waals surface area contributed by atoms with Gasteiger partial charge in [-0.1, -0.05) is 67.6 Å². The summed E-state index contributed by atoms with van der Waals surface area (Å²) < 4.78 is 0. The molecule has 0 radical (unpaired) electrons. The minimum atomic E-state index is 0.289. The second-order valence-corrected chi connectivity index (χ2v) is 6.11. The summed E-state index contributed by atoms with van der Waals surface area (Å²) in [5.74, 6) is 0.398. The van der Waals surface area contributed by atoms with Gasteiger partial charge in [-0.2, -0.15) is 0 Å². The lowest BCUT2D eigenvalue weighted by Gasteiger charge is -2.23. The van der Waals surface area contributed by atoms with Crippen molar-refractivity contribution in [1.29, 1.82) is 0 Å². The number of hydrogen-bond acceptors (Lipinski definition) is 2. The van der Waals surface area contributed by atoms with Gasteiger partial charge in [0.2, 0.25) is 0 Å². The fraction of sp³-hybridized carbons (Fsp3) is 0.400. The van der Waals surface area contributed by atoms with Crippen LogP contribution in [0.15, 0.2) is 60.7 Å². The topological polar surface area (TPSA) is 23.5 Å². The number of aliphatic hydroxyl groups is 1. The lowest BCUT2D eigenvalue weighted by Crippen LogP contribution is -2.24. The first-order chi connectivity index (χ1) is 10.8. The highest BCUT2D eigenvalue weighted by molar-refractivity contribution is 5.17. The van der Waals surface area contributed by atoms with Gasteiger partial charge in [-0.05, 0) is 36.4 Å². The number of aliphatic hydroxyl groups excluding tert-OH is 1. The predicted molar refractivity (Wildman–Crippen MR) is 92.5 cm³/mol. The fourth-order valence-electron chi connectivity index (χ4n) is 2.65. The van der Waals surface area contributed by atoms with Crippen molar-refractivity contribution in [2.75, 3.05) is 13.2 Å². The van der Waals surface area contributed by atoms with Crippen LogP contribution in [-0.2, 0) is 13.1 Å². The largest absolute Gasteiger partial charge is 0.396 e. The first-order valence-electron chi connectivity index (χ1n) is 8.19. The molecule has 0 fully saturated rings. The molecule has 2 heteroatoms. The van der Waals surface area contributed by atoms with Gasteiger partial charge in [0.05, 0.1) is 0 Å². The first-order valence-corrected chi connectivity index (χ1v) is 8.19. The van der Waals surface area contributed by atoms with Crippen LogP contribution in [0.5, 0.6) is 0 Å². The van der Waals surface area contributed by atoms with Crippen molar-refractivity contribution in [3.8, 4) is 0 Å². The Morgan fingerprint density at radius 3 is 1.82 bits per heavy atom. The minimum Gasteiger partial charge on any atom is -0.396 e. The quantitative estimate of drug-likeness (QED) is 0.753. The van der Waals surface area contributed by atoms with Crippen molar-refractivity contribution in [3.63, 3.8) is 0 Å². The Labute approximate surface area is 134 Å². The Balaban J connectivity index is 1.94. The van der Waals surface area contributed by atoms with Gasteiger partial charge >= 0.3 is 0 Å². The highest BCUT2D eigenvalue weighted by Crippen LogP contribution is 2.12. The molecule has 1 atom stereocenters. The molecule has 118 valence electrons. The van der Waals surface area contributed by atoms with Crippen molar-refractivity contribution in [3.05, 3.63) is 71.8 Å². The van der Waals surface area contributed by atoms with E-state index in [1.54, 1.807) is 0 Å². The molecule has 0 bridgehead atoms. The minimum absolute atomic E-state index is 0.289. The molecule has 22 heavy (non-hydrogen) atoms. The van der Waals surface area contributed by atoms with Crippen molar-refractivity contribution < 1.29 is 5.11 Å². The summed E-state index contributed by atoms with van der Waals surface area (Å²) in [7, 11) is 0. The molecule has 0 aliphatic rings. The van der Waals surface area contributed by atoms with E-state index in [1.807, 2.05) is 0 Å². The molecule has 0 aliphatic carbocycles. The maximum atomic E-state index is 9.16. The molecule has 0 unspecified atom stereocenters. The third-order valence-corrected chi connectivity index (χ3v) is 3.98. The van der Waals surface area contributed by atoms with E-state index < -0.39 is 0 Å². The highest BCUT2D eigenvalue weighted by Gasteiger charge is 2.08. The summed E-state index contributed by atoms with van der Waals surface area (Å²) in [6.45, 7) is 5.41. The third kappa shape index (κ3) is 6.00. The molecule has 0 saturated heterocycles. The summed E-state index contributed by atoms with van der Waals surface area (Å²) in [6, 6.07) is 21.3. The Bertz CT molecular complexity index is 470. The van der Waals surface area contributed by atoms with Crippen LogP contribution in [0.25, 0.3) is 0 Å². The number of nitrogens with zero attached hydrogens (tertiary/aromatic N) is 1. The average molecular weight is 297 g/mol. The fourth-order valence-corrected chi connectivity index (χ4v) is 2.65. The van der Waals surface area contributed by atoms with Gasteiger partial charge in [-0.15, -0.1) is 0 Å². The third-order valence-electron chi connectivity index (χ3n) is 3.98. The van der Waals surface area contributed by atoms with E-state index in [4.69, 9.17) is 5.11 Å². The molecule has 2 aromatic rings. The lowest BCUT2D eigenvalue weighted by atomic mass is 10.1. The Morgan fingerprint density at radius 2 is 1.36 bits per heavy atom. The molecule has 0 spiro atoms. The average Bonchev–Trinajstić information content (AvgIpc) is 2.56. The van der Waals surface area contributed by atoms with E-state index in [-0.39, 0.29) is 6.61 Å². The Kier molecular flexibility index (Phi) is 7.14. The van der Waals surface area contributed by atoms with Crippen molar-refractivity contribution in [2.45, 2.75) is 32.9 Å². The van der Waals surface area contributed by atoms with Crippen molar-refractivity contribution >= 4 is 0 Å². The van der Waals surface area contributed by atoms with Crippen LogP contribution in [0.1, 0.15) is 30.9 Å². The molecular weight excluding hydrogens is 270 g/mol. The van der Waals surface area contributed by atoms with Crippen LogP contribution in [0, 0.1) is 5.92 Å². The summed E-state index contributed by atoms with van der Waals surface area (Å²) in [6.07, 6.45) is 2.21. The van der Waals surface area contributed by atoms with Crippen molar-refractivity contribution in [2.24, 2.45) is 5.92 Å². The Morgan fingerprint density at radius 1 is 0.864 bits per heavy atom. The van der Waals surface area contributed by atoms with E-state index in [9.17, 15) is 0 Å². The van der Waals surface area contributed by atoms with Crippen LogP contribution in [0.3, 0.4) is 0 Å². The maximum Gasteiger partial charge on any atom is 0.0456 e. The van der Waals surface area contributed by atoms with E-state index in [0.717, 1.165) is 32.5 Å². The molecule has 0 saturated carbocycles. The summed E-state index contributed by atoms with van der Waals surface area (Å²) >= 11 is 0. The normalized spacial score (nSPS) is 12.5. The molecule has 0 amide bonds. The van der Waals surface area contributed by atoms with Gasteiger partial charge in [0.1, 0.15) is 0 Å². The van der Waals surface area contributed by atoms with Gasteiger partial charge in [0, 0.05) is 19.7 Å². The standard InChI is InChI=1S/C20H27NO/c1-18(17-22)9-8-14-21(15-19-10-4-2-5-11-19)16-20-12-6-3-7-13-20/h2-7,10-13,18,22H,8-9,14-17H2,1H3/t18-/m0/s1. The van der Waals surface area contributed by atoms with Crippen LogP contribution in [0.4, 0.5) is 0 Å². The lowest BCUT2D eigenvalue weighted by molar-refractivity contribution is 0.208. The zero-order valence-electron chi connectivity index (χ0n) is 13.5. The SMILES string of the molecule is C[C@H](CO)CCCN(Cc1ccccc1)Cc1ccccc1. The van der Waals surface area contributed by atoms with E-state index >= 15 is 0 Å². The van der Waals surface area contributed by atoms with Crippen LogP contribution in [-0.4, -0.2) is 23.2 Å². The summed E-state index contributed by atoms with van der Waals surface area (Å²) in [5.41, 5.74) is 2.71. The van der Waals surface area contributed by atoms with Gasteiger partial charge in [0.25, 0.3) is 0 Å². The van der Waals surface area contributed by atoms with Gasteiger partial charge in [0.15, 0.2) is 0 Å². The summed E-state index contributed by atoms with van der Waals surface area (Å²) in [5, 5.41) is 9.16. The monoisotopic (exact) mass is 297 g/mol. The molecular formula is C20H27NO. The van der Waals surface area contributed by atoms with Crippen LogP contribution < -0.4 is 0 Å². The smallest absolute Gasteiger partial charge is 0.0456 e. The molecule has 2 nitrogen and oxygen atoms in total. The predicted octanol–water partition coefficient (Wildman–Crippen LogP) is 4.10. The van der Waals surface area contributed by atoms with E-state index in [2.05, 4.69) is 72.5 Å². The van der Waals surface area contributed by atoms with Gasteiger partial charge in [-0.3, -0.25) is 4.90 Å². The molecule has 2 rings (SSSR count). The molecule has 0 aromatic heterocycles. The maximum absolute atomic E-state index is 9.16. The highest BCUT2D eigenvalue weighted by atomic mass is 16.3. The number of rotatable bonds is 9. The van der Waals surface area contributed by atoms with Gasteiger partial charge < -0.3 is 5.11 Å². The summed E-state index contributed by atoms with van der Waals surface area (Å²) in [4.78, 5) is 2.49. The van der Waals surface area contributed by atoms with Gasteiger partial charge in [-0.25, -0.2) is 0 Å². The van der Waals surface area contributed by atoms with Crippen LogP contribution >= 0.6 is 0 Å². The number of hydrogen-bond donors (Lipinski definition) is 1. The number of benzene rings is 2. The molecule has 0 aliphatic heterocycles. The van der Waals surface area contributed by atoms with E-state index in [0.29, 0.717) is 5.92 Å². The zero-order chi connectivity index (χ0) is 15.6. The molecule has 1 N–H and O–H groups in total. The zero-order valence-corrected chi connectivity index (χ0v) is 13.5. The molecule has 2 aromatic carbocycles. The second kappa shape index (κ2) is 9.39. The Hall–Kier alpha value is -1.64.